The Morgan fingerprint density at radius 1 is 1.55 bits per heavy atom. The molecule has 1 aliphatic rings. The fourth-order valence-corrected chi connectivity index (χ4v) is 2.21. The first-order valence-electron chi connectivity index (χ1n) is 3.83. The van der Waals surface area contributed by atoms with Crippen LogP contribution in [-0.2, 0) is 4.79 Å². The van der Waals surface area contributed by atoms with Crippen LogP contribution in [0.3, 0.4) is 0 Å². The van der Waals surface area contributed by atoms with Crippen LogP contribution in [0.15, 0.2) is 12.7 Å². The zero-order chi connectivity index (χ0) is 8.10. The molecule has 0 atom stereocenters. The Morgan fingerprint density at radius 2 is 2.18 bits per heavy atom. The Hall–Kier alpha value is -0.440. The summed E-state index contributed by atoms with van der Waals surface area (Å²) >= 11 is 1.96. The Labute approximate surface area is 71.4 Å². The van der Waals surface area contributed by atoms with Crippen LogP contribution >= 0.6 is 11.8 Å². The monoisotopic (exact) mass is 171 g/mol. The second kappa shape index (κ2) is 4.44. The third kappa shape index (κ3) is 2.97. The van der Waals surface area contributed by atoms with Crippen molar-refractivity contribution in [1.82, 2.24) is 5.32 Å². The van der Waals surface area contributed by atoms with Crippen LogP contribution in [0, 0.1) is 0 Å². The van der Waals surface area contributed by atoms with Gasteiger partial charge in [-0.1, -0.05) is 6.58 Å². The van der Waals surface area contributed by atoms with Gasteiger partial charge in [0.2, 0.25) is 5.91 Å². The Balaban J connectivity index is 2.24. The van der Waals surface area contributed by atoms with Crippen LogP contribution in [0.4, 0.5) is 0 Å². The zero-order valence-electron chi connectivity index (χ0n) is 6.51. The molecule has 1 heterocycles. The van der Waals surface area contributed by atoms with E-state index in [1.54, 1.807) is 0 Å². The summed E-state index contributed by atoms with van der Waals surface area (Å²) in [5.41, 5.74) is 0. The summed E-state index contributed by atoms with van der Waals surface area (Å²) in [6, 6.07) is 0.391. The minimum absolute atomic E-state index is 0.0399. The van der Waals surface area contributed by atoms with Crippen molar-refractivity contribution in [2.75, 3.05) is 11.5 Å². The molecule has 1 amide bonds. The minimum atomic E-state index is -0.0399. The molecule has 0 saturated carbocycles. The van der Waals surface area contributed by atoms with E-state index in [-0.39, 0.29) is 5.91 Å². The molecule has 0 radical (unpaired) electrons. The normalized spacial score (nSPS) is 19.3. The Bertz CT molecular complexity index is 152. The Morgan fingerprint density at radius 3 is 2.73 bits per heavy atom. The zero-order valence-corrected chi connectivity index (χ0v) is 7.32. The van der Waals surface area contributed by atoms with Gasteiger partial charge in [0.25, 0.3) is 0 Å². The first-order chi connectivity index (χ1) is 5.33. The van der Waals surface area contributed by atoms with Gasteiger partial charge in [0, 0.05) is 6.04 Å². The second-order valence-electron chi connectivity index (χ2n) is 2.60. The molecular weight excluding hydrogens is 158 g/mol. The highest BCUT2D eigenvalue weighted by Gasteiger charge is 2.13. The van der Waals surface area contributed by atoms with Crippen LogP contribution in [0.5, 0.6) is 0 Å². The average molecular weight is 171 g/mol. The van der Waals surface area contributed by atoms with Crippen LogP contribution in [-0.4, -0.2) is 23.5 Å². The predicted molar refractivity (Wildman–Crippen MR) is 48.7 cm³/mol. The molecular formula is C8H13NOS. The molecule has 0 spiro atoms. The first kappa shape index (κ1) is 8.65. The summed E-state index contributed by atoms with van der Waals surface area (Å²) in [4.78, 5) is 10.8. The van der Waals surface area contributed by atoms with Gasteiger partial charge >= 0.3 is 0 Å². The fourth-order valence-electron chi connectivity index (χ4n) is 1.10. The second-order valence-corrected chi connectivity index (χ2v) is 3.82. The lowest BCUT2D eigenvalue weighted by atomic mass is 10.1. The number of hydrogen-bond acceptors (Lipinski definition) is 2. The lowest BCUT2D eigenvalue weighted by molar-refractivity contribution is -0.117. The first-order valence-corrected chi connectivity index (χ1v) is 4.99. The van der Waals surface area contributed by atoms with Gasteiger partial charge in [-0.3, -0.25) is 4.79 Å². The van der Waals surface area contributed by atoms with E-state index >= 15 is 0 Å². The predicted octanol–water partition coefficient (Wildman–Crippen LogP) is 1.18. The molecule has 1 rings (SSSR count). The molecule has 0 bridgehead atoms. The van der Waals surface area contributed by atoms with Crippen molar-refractivity contribution in [3.63, 3.8) is 0 Å². The number of nitrogens with one attached hydrogen (secondary N) is 1. The van der Waals surface area contributed by atoms with E-state index < -0.39 is 0 Å². The van der Waals surface area contributed by atoms with E-state index in [2.05, 4.69) is 11.9 Å². The molecule has 3 heteroatoms. The van der Waals surface area contributed by atoms with Gasteiger partial charge in [-0.25, -0.2) is 0 Å². The van der Waals surface area contributed by atoms with Gasteiger partial charge in [-0.2, -0.15) is 11.8 Å². The smallest absolute Gasteiger partial charge is 0.243 e. The van der Waals surface area contributed by atoms with Crippen molar-refractivity contribution in [2.45, 2.75) is 18.9 Å². The highest BCUT2D eigenvalue weighted by Crippen LogP contribution is 2.16. The molecule has 1 aliphatic heterocycles. The molecule has 0 aromatic carbocycles. The van der Waals surface area contributed by atoms with Gasteiger partial charge in [0.1, 0.15) is 0 Å². The van der Waals surface area contributed by atoms with Gasteiger partial charge in [0.15, 0.2) is 0 Å². The van der Waals surface area contributed by atoms with Crippen molar-refractivity contribution >= 4 is 17.7 Å². The minimum Gasteiger partial charge on any atom is -0.350 e. The van der Waals surface area contributed by atoms with Crippen molar-refractivity contribution in [3.05, 3.63) is 12.7 Å². The van der Waals surface area contributed by atoms with Crippen LogP contribution in [0.25, 0.3) is 0 Å². The summed E-state index contributed by atoms with van der Waals surface area (Å²) in [6.07, 6.45) is 3.54. The van der Waals surface area contributed by atoms with Crippen LogP contribution in [0.2, 0.25) is 0 Å². The van der Waals surface area contributed by atoms with Gasteiger partial charge in [-0.05, 0) is 30.4 Å². The topological polar surface area (TPSA) is 29.1 Å². The molecule has 1 saturated heterocycles. The van der Waals surface area contributed by atoms with Crippen molar-refractivity contribution in [2.24, 2.45) is 0 Å². The summed E-state index contributed by atoms with van der Waals surface area (Å²) in [7, 11) is 0. The SMILES string of the molecule is C=CC(=O)NC1CCSCC1. The number of carbonyl (C=O) groups excluding carboxylic acids is 1. The lowest BCUT2D eigenvalue weighted by Crippen LogP contribution is -2.36. The van der Waals surface area contributed by atoms with E-state index in [9.17, 15) is 4.79 Å². The molecule has 1 fully saturated rings. The molecule has 1 N–H and O–H groups in total. The van der Waals surface area contributed by atoms with Crippen LogP contribution in [0.1, 0.15) is 12.8 Å². The molecule has 11 heavy (non-hydrogen) atoms. The largest absolute Gasteiger partial charge is 0.350 e. The van der Waals surface area contributed by atoms with Gasteiger partial charge in [0.05, 0.1) is 0 Å². The average Bonchev–Trinajstić information content (AvgIpc) is 2.06. The molecule has 0 aromatic rings. The number of thioether (sulfide) groups is 1. The van der Waals surface area contributed by atoms with E-state index in [0.717, 1.165) is 12.8 Å². The Kier molecular flexibility index (Phi) is 3.49. The maximum atomic E-state index is 10.8. The van der Waals surface area contributed by atoms with Gasteiger partial charge in [-0.15, -0.1) is 0 Å². The summed E-state index contributed by atoms with van der Waals surface area (Å²) in [5.74, 6) is 2.30. The number of carbonyl (C=O) groups is 1. The maximum absolute atomic E-state index is 10.8. The standard InChI is InChI=1S/C8H13NOS/c1-2-8(10)9-7-3-5-11-6-4-7/h2,7H,1,3-6H2,(H,9,10). The van der Waals surface area contributed by atoms with E-state index in [4.69, 9.17) is 0 Å². The molecule has 0 aliphatic carbocycles. The van der Waals surface area contributed by atoms with E-state index in [1.165, 1.54) is 17.6 Å². The molecule has 2 nitrogen and oxygen atoms in total. The number of rotatable bonds is 2. The van der Waals surface area contributed by atoms with Gasteiger partial charge < -0.3 is 5.32 Å². The molecule has 0 aromatic heterocycles. The highest BCUT2D eigenvalue weighted by molar-refractivity contribution is 7.99. The molecule has 0 unspecified atom stereocenters. The lowest BCUT2D eigenvalue weighted by Gasteiger charge is -2.21. The maximum Gasteiger partial charge on any atom is 0.243 e. The fraction of sp³-hybridized carbons (Fsp3) is 0.625. The van der Waals surface area contributed by atoms with Crippen molar-refractivity contribution < 1.29 is 4.79 Å². The number of amides is 1. The quantitative estimate of drug-likeness (QED) is 0.632. The highest BCUT2D eigenvalue weighted by atomic mass is 32.2. The third-order valence-corrected chi connectivity index (χ3v) is 2.80. The number of hydrogen-bond donors (Lipinski definition) is 1. The van der Waals surface area contributed by atoms with Crippen molar-refractivity contribution in [1.29, 1.82) is 0 Å². The van der Waals surface area contributed by atoms with Crippen LogP contribution < -0.4 is 5.32 Å². The summed E-state index contributed by atoms with van der Waals surface area (Å²) < 4.78 is 0. The van der Waals surface area contributed by atoms with Crippen molar-refractivity contribution in [3.8, 4) is 0 Å². The molecule has 62 valence electrons. The van der Waals surface area contributed by atoms with E-state index in [1.807, 2.05) is 11.8 Å². The summed E-state index contributed by atoms with van der Waals surface area (Å²) in [5, 5.41) is 2.90. The third-order valence-electron chi connectivity index (χ3n) is 1.75. The summed E-state index contributed by atoms with van der Waals surface area (Å²) in [6.45, 7) is 3.41. The van der Waals surface area contributed by atoms with E-state index in [0.29, 0.717) is 6.04 Å².